The van der Waals surface area contributed by atoms with E-state index in [0.717, 1.165) is 0 Å². The highest BCUT2D eigenvalue weighted by atomic mass is 16.5. The van der Waals surface area contributed by atoms with Crippen LogP contribution in [0.5, 0.6) is 0 Å². The molecular formula is C10H14O4. The Labute approximate surface area is 82.6 Å². The van der Waals surface area contributed by atoms with E-state index in [1.54, 1.807) is 6.92 Å². The predicted molar refractivity (Wildman–Crippen MR) is 48.5 cm³/mol. The Hall–Kier alpha value is -1.19. The highest BCUT2D eigenvalue weighted by Gasteiger charge is 2.39. The minimum Gasteiger partial charge on any atom is -0.465 e. The Balaban J connectivity index is 2.72. The van der Waals surface area contributed by atoms with Crippen LogP contribution in [-0.4, -0.2) is 24.1 Å². The van der Waals surface area contributed by atoms with Gasteiger partial charge in [-0.15, -0.1) is 0 Å². The molecule has 78 valence electrons. The Morgan fingerprint density at radius 1 is 1.36 bits per heavy atom. The number of hydrogen-bond donors (Lipinski definition) is 0. The molecule has 0 radical (unpaired) electrons. The maximum absolute atomic E-state index is 11.4. The molecule has 4 heteroatoms. The van der Waals surface area contributed by atoms with Crippen molar-refractivity contribution >= 4 is 17.5 Å². The number of rotatable bonds is 2. The summed E-state index contributed by atoms with van der Waals surface area (Å²) in [6.07, 6.45) is 0.602. The molecule has 4 nitrogen and oxygen atoms in total. The van der Waals surface area contributed by atoms with Gasteiger partial charge in [0.2, 0.25) is 0 Å². The topological polar surface area (TPSA) is 60.4 Å². The number of hydrogen-bond acceptors (Lipinski definition) is 4. The van der Waals surface area contributed by atoms with Crippen LogP contribution in [0, 0.1) is 11.8 Å². The van der Waals surface area contributed by atoms with Gasteiger partial charge in [0.1, 0.15) is 0 Å². The number of carbonyl (C=O) groups is 3. The summed E-state index contributed by atoms with van der Waals surface area (Å²) < 4.78 is 4.68. The van der Waals surface area contributed by atoms with Crippen molar-refractivity contribution in [2.24, 2.45) is 11.8 Å². The maximum Gasteiger partial charge on any atom is 0.324 e. The first-order chi connectivity index (χ1) is 6.56. The molecule has 1 saturated carbocycles. The monoisotopic (exact) mass is 198 g/mol. The van der Waals surface area contributed by atoms with Gasteiger partial charge in [0.15, 0.2) is 17.5 Å². The number of carbonyl (C=O) groups excluding carboxylic acids is 3. The summed E-state index contributed by atoms with van der Waals surface area (Å²) in [5, 5.41) is 0. The van der Waals surface area contributed by atoms with E-state index in [0.29, 0.717) is 12.8 Å². The summed E-state index contributed by atoms with van der Waals surface area (Å²) in [5.74, 6) is -2.37. The third kappa shape index (κ3) is 2.19. The lowest BCUT2D eigenvalue weighted by atomic mass is 9.81. The third-order valence-electron chi connectivity index (χ3n) is 2.27. The molecule has 0 bridgehead atoms. The highest BCUT2D eigenvalue weighted by molar-refractivity contribution is 6.18. The molecule has 0 unspecified atom stereocenters. The van der Waals surface area contributed by atoms with E-state index in [-0.39, 0.29) is 24.1 Å². The van der Waals surface area contributed by atoms with Crippen LogP contribution in [0.25, 0.3) is 0 Å². The lowest BCUT2D eigenvalue weighted by molar-refractivity contribution is -0.156. The van der Waals surface area contributed by atoms with E-state index in [4.69, 9.17) is 0 Å². The highest BCUT2D eigenvalue weighted by Crippen LogP contribution is 2.23. The Morgan fingerprint density at radius 3 is 2.29 bits per heavy atom. The van der Waals surface area contributed by atoms with Gasteiger partial charge in [-0.05, 0) is 12.8 Å². The predicted octanol–water partition coefficient (Wildman–Crippen LogP) is 0.734. The molecule has 14 heavy (non-hydrogen) atoms. The Kier molecular flexibility index (Phi) is 3.38. The summed E-state index contributed by atoms with van der Waals surface area (Å²) in [5.41, 5.74) is 0. The van der Waals surface area contributed by atoms with Crippen molar-refractivity contribution in [2.75, 3.05) is 6.61 Å². The molecule has 0 atom stereocenters. The molecule has 1 aliphatic rings. The second-order valence-corrected chi connectivity index (χ2v) is 3.63. The Bertz CT molecular complexity index is 240. The average Bonchev–Trinajstić information content (AvgIpc) is 2.01. The lowest BCUT2D eigenvalue weighted by Crippen LogP contribution is -2.39. The molecule has 0 N–H and O–H groups in total. The minimum absolute atomic E-state index is 0.0562. The smallest absolute Gasteiger partial charge is 0.324 e. The molecule has 0 amide bonds. The largest absolute Gasteiger partial charge is 0.465 e. The van der Waals surface area contributed by atoms with Crippen LogP contribution < -0.4 is 0 Å². The first-order valence-corrected chi connectivity index (χ1v) is 4.78. The number of Topliss-reactive ketones (excluding diaryl/α,β-unsaturated/α-hetero) is 2. The standard InChI is InChI=1S/C10H14O4/c1-3-14-10(13)9-7(11)4-6(2)5-8(9)12/h6,9H,3-5H2,1-2H3. The zero-order chi connectivity index (χ0) is 10.7. The van der Waals surface area contributed by atoms with Crippen LogP contribution in [0.2, 0.25) is 0 Å². The fourth-order valence-corrected chi connectivity index (χ4v) is 1.66. The first kappa shape index (κ1) is 10.9. The van der Waals surface area contributed by atoms with Gasteiger partial charge in [-0.3, -0.25) is 14.4 Å². The van der Waals surface area contributed by atoms with E-state index in [1.807, 2.05) is 6.92 Å². The van der Waals surface area contributed by atoms with Crippen molar-refractivity contribution < 1.29 is 19.1 Å². The van der Waals surface area contributed by atoms with Crippen LogP contribution in [0.15, 0.2) is 0 Å². The zero-order valence-electron chi connectivity index (χ0n) is 8.41. The summed E-state index contributed by atoms with van der Waals surface area (Å²) in [6.45, 7) is 3.68. The summed E-state index contributed by atoms with van der Waals surface area (Å²) in [4.78, 5) is 34.1. The third-order valence-corrected chi connectivity index (χ3v) is 2.27. The average molecular weight is 198 g/mol. The number of ketones is 2. The van der Waals surface area contributed by atoms with Gasteiger partial charge >= 0.3 is 5.97 Å². The van der Waals surface area contributed by atoms with E-state index >= 15 is 0 Å². The second-order valence-electron chi connectivity index (χ2n) is 3.63. The van der Waals surface area contributed by atoms with Crippen molar-refractivity contribution in [2.45, 2.75) is 26.7 Å². The van der Waals surface area contributed by atoms with Gasteiger partial charge < -0.3 is 4.74 Å². The van der Waals surface area contributed by atoms with Gasteiger partial charge in [0.05, 0.1) is 6.61 Å². The van der Waals surface area contributed by atoms with Crippen molar-refractivity contribution in [3.63, 3.8) is 0 Å². The molecular weight excluding hydrogens is 184 g/mol. The van der Waals surface area contributed by atoms with Crippen LogP contribution >= 0.6 is 0 Å². The van der Waals surface area contributed by atoms with Crippen LogP contribution in [0.4, 0.5) is 0 Å². The number of esters is 1. The lowest BCUT2D eigenvalue weighted by Gasteiger charge is -2.22. The van der Waals surface area contributed by atoms with Crippen molar-refractivity contribution in [3.05, 3.63) is 0 Å². The van der Waals surface area contributed by atoms with Gasteiger partial charge in [-0.1, -0.05) is 6.92 Å². The fraction of sp³-hybridized carbons (Fsp3) is 0.700. The quantitative estimate of drug-likeness (QED) is 0.485. The van der Waals surface area contributed by atoms with Crippen molar-refractivity contribution in [1.82, 2.24) is 0 Å². The normalized spacial score (nSPS) is 27.6. The Morgan fingerprint density at radius 2 is 1.86 bits per heavy atom. The van der Waals surface area contributed by atoms with Gasteiger partial charge in [0, 0.05) is 12.8 Å². The zero-order valence-corrected chi connectivity index (χ0v) is 8.41. The van der Waals surface area contributed by atoms with Crippen molar-refractivity contribution in [1.29, 1.82) is 0 Å². The molecule has 0 heterocycles. The van der Waals surface area contributed by atoms with E-state index in [2.05, 4.69) is 4.74 Å². The molecule has 1 aliphatic carbocycles. The molecule has 0 aromatic rings. The molecule has 0 aliphatic heterocycles. The fourth-order valence-electron chi connectivity index (χ4n) is 1.66. The van der Waals surface area contributed by atoms with Crippen LogP contribution in [-0.2, 0) is 19.1 Å². The summed E-state index contributed by atoms with van der Waals surface area (Å²) in [6, 6.07) is 0. The SMILES string of the molecule is CCOC(=O)C1C(=O)CC(C)CC1=O. The van der Waals surface area contributed by atoms with E-state index < -0.39 is 11.9 Å². The summed E-state index contributed by atoms with van der Waals surface area (Å²) >= 11 is 0. The van der Waals surface area contributed by atoms with Gasteiger partial charge in [-0.25, -0.2) is 0 Å². The van der Waals surface area contributed by atoms with Crippen molar-refractivity contribution in [3.8, 4) is 0 Å². The maximum atomic E-state index is 11.4. The molecule has 0 spiro atoms. The summed E-state index contributed by atoms with van der Waals surface area (Å²) in [7, 11) is 0. The minimum atomic E-state index is -1.15. The van der Waals surface area contributed by atoms with E-state index in [1.165, 1.54) is 0 Å². The van der Waals surface area contributed by atoms with Gasteiger partial charge in [-0.2, -0.15) is 0 Å². The molecule has 0 saturated heterocycles. The first-order valence-electron chi connectivity index (χ1n) is 4.78. The molecule has 0 aromatic carbocycles. The van der Waals surface area contributed by atoms with Gasteiger partial charge in [0.25, 0.3) is 0 Å². The second kappa shape index (κ2) is 4.35. The van der Waals surface area contributed by atoms with Crippen LogP contribution in [0.1, 0.15) is 26.7 Å². The molecule has 1 fully saturated rings. The number of ether oxygens (including phenoxy) is 1. The van der Waals surface area contributed by atoms with Crippen LogP contribution in [0.3, 0.4) is 0 Å². The van der Waals surface area contributed by atoms with E-state index in [9.17, 15) is 14.4 Å². The molecule has 0 aromatic heterocycles. The molecule has 1 rings (SSSR count).